The molecule has 1 unspecified atom stereocenters. The minimum atomic E-state index is 0.622. The Morgan fingerprint density at radius 1 is 1.67 bits per heavy atom. The van der Waals surface area contributed by atoms with E-state index in [2.05, 4.69) is 29.4 Å². The maximum absolute atomic E-state index is 10.1. The summed E-state index contributed by atoms with van der Waals surface area (Å²) in [5.41, 5.74) is 1.29. The summed E-state index contributed by atoms with van der Waals surface area (Å²) in [7, 11) is 0. The van der Waals surface area contributed by atoms with E-state index in [-0.39, 0.29) is 0 Å². The Labute approximate surface area is 88.9 Å². The van der Waals surface area contributed by atoms with Crippen LogP contribution in [0.3, 0.4) is 0 Å². The third kappa shape index (κ3) is 2.12. The van der Waals surface area contributed by atoms with Gasteiger partial charge in [0.15, 0.2) is 0 Å². The van der Waals surface area contributed by atoms with E-state index in [4.69, 9.17) is 0 Å². The molecule has 2 N–H and O–H groups in total. The van der Waals surface area contributed by atoms with Gasteiger partial charge in [0.05, 0.1) is 0 Å². The Balaban J connectivity index is 2.22. The number of aromatic amines is 1. The van der Waals surface area contributed by atoms with E-state index in [1.807, 2.05) is 6.20 Å². The highest BCUT2D eigenvalue weighted by atomic mass is 16.1. The molecule has 0 aliphatic heterocycles. The first-order valence-electron chi connectivity index (χ1n) is 5.36. The Kier molecular flexibility index (Phi) is 2.90. The fraction of sp³-hybridized carbons (Fsp3) is 0.417. The molecule has 0 radical (unpaired) electrons. The minimum Gasteiger partial charge on any atom is -0.361 e. The normalized spacial score (nSPS) is 18.6. The van der Waals surface area contributed by atoms with E-state index in [0.29, 0.717) is 12.5 Å². The monoisotopic (exact) mass is 204 g/mol. The number of nitrogens with one attached hydrogen (secondary N) is 2. The summed E-state index contributed by atoms with van der Waals surface area (Å²) in [5.74, 6) is 0.622. The van der Waals surface area contributed by atoms with Gasteiger partial charge in [0.2, 0.25) is 6.41 Å². The first kappa shape index (κ1) is 10.0. The van der Waals surface area contributed by atoms with Gasteiger partial charge in [0, 0.05) is 18.1 Å². The van der Waals surface area contributed by atoms with Crippen molar-refractivity contribution < 1.29 is 4.79 Å². The van der Waals surface area contributed by atoms with Crippen LogP contribution >= 0.6 is 0 Å². The Morgan fingerprint density at radius 3 is 3.33 bits per heavy atom. The van der Waals surface area contributed by atoms with Crippen LogP contribution in [0.4, 0.5) is 0 Å². The van der Waals surface area contributed by atoms with Crippen molar-refractivity contribution in [1.29, 1.82) is 0 Å². The molecule has 0 aromatic carbocycles. The van der Waals surface area contributed by atoms with Crippen LogP contribution in [0.15, 0.2) is 6.20 Å². The molecule has 1 aliphatic rings. The highest BCUT2D eigenvalue weighted by Crippen LogP contribution is 2.06. The maximum Gasteiger partial charge on any atom is 0.207 e. The van der Waals surface area contributed by atoms with Gasteiger partial charge >= 0.3 is 0 Å². The van der Waals surface area contributed by atoms with Crippen molar-refractivity contribution in [3.8, 4) is 0 Å². The van der Waals surface area contributed by atoms with Crippen molar-refractivity contribution >= 4 is 18.6 Å². The topological polar surface area (TPSA) is 44.9 Å². The summed E-state index contributed by atoms with van der Waals surface area (Å²) in [5, 5.41) is 5.24. The van der Waals surface area contributed by atoms with Gasteiger partial charge in [-0.3, -0.25) is 4.79 Å². The van der Waals surface area contributed by atoms with E-state index >= 15 is 0 Å². The minimum absolute atomic E-state index is 0.622. The van der Waals surface area contributed by atoms with E-state index in [1.54, 1.807) is 0 Å². The summed E-state index contributed by atoms with van der Waals surface area (Å²) >= 11 is 0. The number of amides is 1. The number of fused-ring (bicyclic) bond motifs is 1. The molecule has 0 spiro atoms. The lowest BCUT2D eigenvalue weighted by molar-refractivity contribution is -0.109. The molecule has 3 nitrogen and oxygen atoms in total. The first-order chi connectivity index (χ1) is 7.31. The zero-order valence-corrected chi connectivity index (χ0v) is 8.92. The highest BCUT2D eigenvalue weighted by molar-refractivity contribution is 5.46. The van der Waals surface area contributed by atoms with Gasteiger partial charge in [0.1, 0.15) is 0 Å². The van der Waals surface area contributed by atoms with Crippen LogP contribution in [0.5, 0.6) is 0 Å². The Bertz CT molecular complexity index is 458. The summed E-state index contributed by atoms with van der Waals surface area (Å²) < 4.78 is 0. The summed E-state index contributed by atoms with van der Waals surface area (Å²) in [6, 6.07) is 0. The van der Waals surface area contributed by atoms with Gasteiger partial charge < -0.3 is 10.3 Å². The van der Waals surface area contributed by atoms with E-state index < -0.39 is 0 Å². The lowest BCUT2D eigenvalue weighted by atomic mass is 10.0. The van der Waals surface area contributed by atoms with Gasteiger partial charge in [-0.25, -0.2) is 0 Å². The number of hydrogen-bond donors (Lipinski definition) is 2. The molecule has 1 heterocycles. The number of rotatable bonds is 4. The largest absolute Gasteiger partial charge is 0.361 e. The molecule has 2 rings (SSSR count). The molecule has 15 heavy (non-hydrogen) atoms. The molecular weight excluding hydrogens is 188 g/mol. The molecule has 0 bridgehead atoms. The van der Waals surface area contributed by atoms with Crippen LogP contribution in [0.1, 0.15) is 18.9 Å². The average Bonchev–Trinajstić information content (AvgIpc) is 2.61. The van der Waals surface area contributed by atoms with Crippen molar-refractivity contribution in [2.45, 2.75) is 19.8 Å². The van der Waals surface area contributed by atoms with Gasteiger partial charge in [-0.15, -0.1) is 0 Å². The van der Waals surface area contributed by atoms with Crippen molar-refractivity contribution in [2.75, 3.05) is 6.54 Å². The van der Waals surface area contributed by atoms with Crippen molar-refractivity contribution in [3.05, 3.63) is 22.3 Å². The third-order valence-corrected chi connectivity index (χ3v) is 2.80. The molecule has 0 fully saturated rings. The molecule has 1 amide bonds. The second-order valence-corrected chi connectivity index (χ2v) is 4.05. The lowest BCUT2D eigenvalue weighted by Crippen LogP contribution is -2.30. The Hall–Kier alpha value is -1.51. The van der Waals surface area contributed by atoms with Crippen LogP contribution in [-0.2, 0) is 11.2 Å². The standard InChI is InChI=1S/C12H16N2O/c1-9-2-3-11-10(4-5-13-8-15)7-14-12(11)6-9/h3,6-9,14H,2,4-5H2,1H3,(H,13,15). The molecule has 80 valence electrons. The zero-order chi connectivity index (χ0) is 10.7. The number of carbonyl (C=O) groups is 1. The lowest BCUT2D eigenvalue weighted by Gasteiger charge is -2.05. The second-order valence-electron chi connectivity index (χ2n) is 4.05. The van der Waals surface area contributed by atoms with Crippen LogP contribution in [0.2, 0.25) is 0 Å². The highest BCUT2D eigenvalue weighted by Gasteiger charge is 2.05. The molecule has 1 atom stereocenters. The molecule has 0 saturated carbocycles. The number of aromatic nitrogens is 1. The van der Waals surface area contributed by atoms with Crippen LogP contribution in [0, 0.1) is 5.92 Å². The van der Waals surface area contributed by atoms with E-state index in [1.165, 1.54) is 16.1 Å². The van der Waals surface area contributed by atoms with Crippen LogP contribution in [0.25, 0.3) is 12.2 Å². The predicted molar refractivity (Wildman–Crippen MR) is 60.5 cm³/mol. The third-order valence-electron chi connectivity index (χ3n) is 2.80. The van der Waals surface area contributed by atoms with Gasteiger partial charge in [-0.1, -0.05) is 19.1 Å². The summed E-state index contributed by atoms with van der Waals surface area (Å²) in [6.07, 6.45) is 9.35. The van der Waals surface area contributed by atoms with Gasteiger partial charge in [-0.2, -0.15) is 0 Å². The molecule has 3 heteroatoms. The van der Waals surface area contributed by atoms with Crippen molar-refractivity contribution in [3.63, 3.8) is 0 Å². The predicted octanol–water partition coefficient (Wildman–Crippen LogP) is -0.0960. The van der Waals surface area contributed by atoms with Crippen molar-refractivity contribution in [2.24, 2.45) is 5.92 Å². The fourth-order valence-electron chi connectivity index (χ4n) is 2.00. The average molecular weight is 204 g/mol. The van der Waals surface area contributed by atoms with Crippen LogP contribution < -0.4 is 15.9 Å². The van der Waals surface area contributed by atoms with E-state index in [0.717, 1.165) is 19.3 Å². The molecule has 0 saturated heterocycles. The molecule has 1 aromatic rings. The molecule has 1 aromatic heterocycles. The molecule has 1 aliphatic carbocycles. The quantitative estimate of drug-likeness (QED) is 0.522. The maximum atomic E-state index is 10.1. The summed E-state index contributed by atoms with van der Waals surface area (Å²) in [6.45, 7) is 2.92. The number of carbonyl (C=O) groups excluding carboxylic acids is 1. The number of hydrogen-bond acceptors (Lipinski definition) is 1. The Morgan fingerprint density at radius 2 is 2.53 bits per heavy atom. The summed E-state index contributed by atoms with van der Waals surface area (Å²) in [4.78, 5) is 13.4. The van der Waals surface area contributed by atoms with Crippen LogP contribution in [-0.4, -0.2) is 17.9 Å². The fourth-order valence-corrected chi connectivity index (χ4v) is 2.00. The van der Waals surface area contributed by atoms with Crippen molar-refractivity contribution in [1.82, 2.24) is 10.3 Å². The number of H-pyrrole nitrogens is 1. The second kappa shape index (κ2) is 4.34. The van der Waals surface area contributed by atoms with Gasteiger partial charge in [-0.05, 0) is 29.5 Å². The van der Waals surface area contributed by atoms with Gasteiger partial charge in [0.25, 0.3) is 0 Å². The SMILES string of the molecule is CC1C=c2[nH]cc(CCNC=O)c2=CC1. The van der Waals surface area contributed by atoms with E-state index in [9.17, 15) is 4.79 Å². The first-order valence-corrected chi connectivity index (χ1v) is 5.36. The smallest absolute Gasteiger partial charge is 0.207 e. The molecular formula is C12H16N2O. The zero-order valence-electron chi connectivity index (χ0n) is 8.92.